The first-order valence-corrected chi connectivity index (χ1v) is 7.88. The van der Waals surface area contributed by atoms with E-state index in [1.54, 1.807) is 6.07 Å². The summed E-state index contributed by atoms with van der Waals surface area (Å²) >= 11 is 3.23. The predicted molar refractivity (Wildman–Crippen MR) is 85.3 cm³/mol. The fraction of sp³-hybridized carbons (Fsp3) is 0.312. The molecule has 1 amide bonds. The molecule has 110 valence electrons. The lowest BCUT2D eigenvalue weighted by Crippen LogP contribution is -2.20. The zero-order chi connectivity index (χ0) is 14.7. The maximum atomic E-state index is 12.3. The van der Waals surface area contributed by atoms with Crippen LogP contribution < -0.4 is 5.32 Å². The van der Waals surface area contributed by atoms with Crippen molar-refractivity contribution in [3.8, 4) is 0 Å². The molecule has 0 unspecified atom stereocenters. The van der Waals surface area contributed by atoms with Crippen molar-refractivity contribution in [3.05, 3.63) is 52.4 Å². The maximum absolute atomic E-state index is 12.3. The summed E-state index contributed by atoms with van der Waals surface area (Å²) < 4.78 is 5.56. The van der Waals surface area contributed by atoms with Crippen LogP contribution in [-0.2, 0) is 6.54 Å². The minimum atomic E-state index is -0.163. The van der Waals surface area contributed by atoms with Gasteiger partial charge < -0.3 is 9.73 Å². The molecule has 0 radical (unpaired) electrons. The van der Waals surface area contributed by atoms with Crippen LogP contribution in [0, 0.1) is 0 Å². The molecule has 1 aliphatic heterocycles. The van der Waals surface area contributed by atoms with E-state index in [2.05, 4.69) is 32.2 Å². The summed E-state index contributed by atoms with van der Waals surface area (Å²) in [7, 11) is 0. The zero-order valence-electron chi connectivity index (χ0n) is 11.6. The van der Waals surface area contributed by atoms with E-state index in [0.717, 1.165) is 30.9 Å². The van der Waals surface area contributed by atoms with Crippen molar-refractivity contribution in [2.24, 2.45) is 0 Å². The second-order valence-corrected chi connectivity index (χ2v) is 5.92. The molecule has 2 heterocycles. The van der Waals surface area contributed by atoms with Gasteiger partial charge in [0, 0.05) is 12.2 Å². The van der Waals surface area contributed by atoms with Gasteiger partial charge >= 0.3 is 0 Å². The number of carbonyl (C=O) groups excluding carboxylic acids is 1. The number of furan rings is 1. The standard InChI is InChI=1S/C16H17BrN2O2/c17-15-13(7-10-21-15)16(20)18-14-6-2-1-5-12(14)11-19-8-3-4-9-19/h1-2,5-7,10H,3-4,8-9,11H2,(H,18,20). The Labute approximate surface area is 132 Å². The summed E-state index contributed by atoms with van der Waals surface area (Å²) in [5.74, 6) is -0.163. The molecule has 2 aromatic rings. The van der Waals surface area contributed by atoms with Gasteiger partial charge in [-0.1, -0.05) is 18.2 Å². The second kappa shape index (κ2) is 6.45. The molecule has 0 atom stereocenters. The molecule has 1 aromatic heterocycles. The van der Waals surface area contributed by atoms with Crippen molar-refractivity contribution < 1.29 is 9.21 Å². The fourth-order valence-corrected chi connectivity index (χ4v) is 3.03. The van der Waals surface area contributed by atoms with Crippen molar-refractivity contribution in [1.29, 1.82) is 0 Å². The van der Waals surface area contributed by atoms with Crippen molar-refractivity contribution >= 4 is 27.5 Å². The summed E-state index contributed by atoms with van der Waals surface area (Å²) in [4.78, 5) is 14.7. The molecule has 5 heteroatoms. The molecular weight excluding hydrogens is 332 g/mol. The Hall–Kier alpha value is -1.59. The van der Waals surface area contributed by atoms with Gasteiger partial charge in [-0.05, 0) is 59.6 Å². The van der Waals surface area contributed by atoms with Gasteiger partial charge in [-0.3, -0.25) is 9.69 Å². The molecule has 0 saturated carbocycles. The van der Waals surface area contributed by atoms with Crippen LogP contribution in [0.15, 0.2) is 45.7 Å². The Kier molecular flexibility index (Phi) is 4.41. The van der Waals surface area contributed by atoms with Crippen molar-refractivity contribution in [2.45, 2.75) is 19.4 Å². The number of hydrogen-bond acceptors (Lipinski definition) is 3. The predicted octanol–water partition coefficient (Wildman–Crippen LogP) is 3.89. The van der Waals surface area contributed by atoms with Crippen molar-refractivity contribution in [2.75, 3.05) is 18.4 Å². The van der Waals surface area contributed by atoms with Gasteiger partial charge in [-0.15, -0.1) is 0 Å². The normalized spacial score (nSPS) is 15.3. The average Bonchev–Trinajstić information content (AvgIpc) is 3.12. The molecule has 1 aliphatic rings. The van der Waals surface area contributed by atoms with Gasteiger partial charge in [-0.2, -0.15) is 0 Å². The number of nitrogens with one attached hydrogen (secondary N) is 1. The number of halogens is 1. The van der Waals surface area contributed by atoms with Crippen LogP contribution >= 0.6 is 15.9 Å². The van der Waals surface area contributed by atoms with Crippen LogP contribution in [0.1, 0.15) is 28.8 Å². The number of nitrogens with zero attached hydrogens (tertiary/aromatic N) is 1. The molecule has 21 heavy (non-hydrogen) atoms. The molecule has 1 saturated heterocycles. The van der Waals surface area contributed by atoms with E-state index < -0.39 is 0 Å². The number of anilines is 1. The molecule has 3 rings (SSSR count). The first-order valence-electron chi connectivity index (χ1n) is 7.08. The maximum Gasteiger partial charge on any atom is 0.260 e. The molecule has 1 aromatic carbocycles. The summed E-state index contributed by atoms with van der Waals surface area (Å²) in [6.45, 7) is 3.15. The molecular formula is C16H17BrN2O2. The van der Waals surface area contributed by atoms with Crippen molar-refractivity contribution in [1.82, 2.24) is 4.90 Å². The van der Waals surface area contributed by atoms with Crippen LogP contribution in [0.5, 0.6) is 0 Å². The van der Waals surface area contributed by atoms with E-state index >= 15 is 0 Å². The van der Waals surface area contributed by atoms with Gasteiger partial charge in [-0.25, -0.2) is 0 Å². The van der Waals surface area contributed by atoms with Crippen LogP contribution in [0.3, 0.4) is 0 Å². The number of rotatable bonds is 4. The van der Waals surface area contributed by atoms with Crippen LogP contribution in [0.2, 0.25) is 0 Å². The van der Waals surface area contributed by atoms with Gasteiger partial charge in [0.05, 0.1) is 11.8 Å². The highest BCUT2D eigenvalue weighted by molar-refractivity contribution is 9.10. The third kappa shape index (κ3) is 3.36. The quantitative estimate of drug-likeness (QED) is 0.911. The Bertz CT molecular complexity index is 633. The second-order valence-electron chi connectivity index (χ2n) is 5.20. The minimum absolute atomic E-state index is 0.163. The van der Waals surface area contributed by atoms with E-state index in [0.29, 0.717) is 10.2 Å². The summed E-state index contributed by atoms with van der Waals surface area (Å²) in [5.41, 5.74) is 2.51. The number of amides is 1. The molecule has 0 aliphatic carbocycles. The van der Waals surface area contributed by atoms with Crippen LogP contribution in [0.25, 0.3) is 0 Å². The van der Waals surface area contributed by atoms with Gasteiger partial charge in [0.1, 0.15) is 0 Å². The SMILES string of the molecule is O=C(Nc1ccccc1CN1CCCC1)c1ccoc1Br. The van der Waals surface area contributed by atoms with Gasteiger partial charge in [0.2, 0.25) is 0 Å². The lowest BCUT2D eigenvalue weighted by atomic mass is 10.1. The third-order valence-corrected chi connectivity index (χ3v) is 4.33. The molecule has 0 bridgehead atoms. The average molecular weight is 349 g/mol. The highest BCUT2D eigenvalue weighted by Crippen LogP contribution is 2.23. The first kappa shape index (κ1) is 14.4. The molecule has 0 spiro atoms. The number of carbonyl (C=O) groups is 1. The molecule has 1 fully saturated rings. The Morgan fingerprint density at radius 3 is 2.71 bits per heavy atom. The van der Waals surface area contributed by atoms with Crippen molar-refractivity contribution in [3.63, 3.8) is 0 Å². The van der Waals surface area contributed by atoms with Gasteiger partial charge in [0.25, 0.3) is 5.91 Å². The summed E-state index contributed by atoms with van der Waals surface area (Å²) in [5, 5.41) is 2.97. The fourth-order valence-electron chi connectivity index (χ4n) is 2.61. The van der Waals surface area contributed by atoms with E-state index in [1.165, 1.54) is 19.1 Å². The van der Waals surface area contributed by atoms with Gasteiger partial charge in [0.15, 0.2) is 4.67 Å². The zero-order valence-corrected chi connectivity index (χ0v) is 13.2. The lowest BCUT2D eigenvalue weighted by Gasteiger charge is -2.17. The number of para-hydroxylation sites is 1. The smallest absolute Gasteiger partial charge is 0.260 e. The number of benzene rings is 1. The molecule has 4 nitrogen and oxygen atoms in total. The molecule has 1 N–H and O–H groups in total. The Balaban J connectivity index is 1.75. The van der Waals surface area contributed by atoms with E-state index in [-0.39, 0.29) is 5.91 Å². The topological polar surface area (TPSA) is 45.5 Å². The Morgan fingerprint density at radius 1 is 1.24 bits per heavy atom. The van der Waals surface area contributed by atoms with E-state index in [9.17, 15) is 4.79 Å². The van der Waals surface area contributed by atoms with E-state index in [1.807, 2.05) is 18.2 Å². The first-order chi connectivity index (χ1) is 10.2. The van der Waals surface area contributed by atoms with Crippen LogP contribution in [-0.4, -0.2) is 23.9 Å². The monoisotopic (exact) mass is 348 g/mol. The highest BCUT2D eigenvalue weighted by atomic mass is 79.9. The Morgan fingerprint density at radius 2 is 2.00 bits per heavy atom. The largest absolute Gasteiger partial charge is 0.457 e. The lowest BCUT2D eigenvalue weighted by molar-refractivity contribution is 0.102. The van der Waals surface area contributed by atoms with Crippen LogP contribution in [0.4, 0.5) is 5.69 Å². The highest BCUT2D eigenvalue weighted by Gasteiger charge is 2.16. The number of hydrogen-bond donors (Lipinski definition) is 1. The minimum Gasteiger partial charge on any atom is -0.457 e. The van der Waals surface area contributed by atoms with E-state index in [4.69, 9.17) is 4.42 Å². The third-order valence-electron chi connectivity index (χ3n) is 3.72. The summed E-state index contributed by atoms with van der Waals surface area (Å²) in [6.07, 6.45) is 4.02. The summed E-state index contributed by atoms with van der Waals surface area (Å²) in [6, 6.07) is 9.61. The number of likely N-dealkylation sites (tertiary alicyclic amines) is 1.